The van der Waals surface area contributed by atoms with Crippen molar-refractivity contribution in [3.63, 3.8) is 0 Å². The van der Waals surface area contributed by atoms with Crippen LogP contribution in [0.2, 0.25) is 0 Å². The monoisotopic (exact) mass is 654 g/mol. The Labute approximate surface area is 270 Å². The van der Waals surface area contributed by atoms with E-state index in [-0.39, 0.29) is 45.6 Å². The van der Waals surface area contributed by atoms with E-state index in [1.807, 2.05) is 31.2 Å². The second kappa shape index (κ2) is 10.9. The summed E-state index contributed by atoms with van der Waals surface area (Å²) in [7, 11) is 0. The number of nitrogens with one attached hydrogen (secondary N) is 2. The summed E-state index contributed by atoms with van der Waals surface area (Å²) in [5.74, 6) is -1.45. The topological polar surface area (TPSA) is 210 Å². The summed E-state index contributed by atoms with van der Waals surface area (Å²) in [4.78, 5) is 38.0. The Hall–Kier alpha value is -5.22. The van der Waals surface area contributed by atoms with Crippen LogP contribution in [-0.2, 0) is 11.3 Å². The van der Waals surface area contributed by atoms with Gasteiger partial charge in [0.15, 0.2) is 0 Å². The molecule has 0 spiro atoms. The fourth-order valence-corrected chi connectivity index (χ4v) is 6.73. The fraction of sp³-hybridized carbons (Fsp3) is 0.235. The van der Waals surface area contributed by atoms with Crippen molar-refractivity contribution in [3.8, 4) is 11.5 Å². The molecule has 1 saturated heterocycles. The maximum absolute atomic E-state index is 14.3. The van der Waals surface area contributed by atoms with Gasteiger partial charge in [0.2, 0.25) is 0 Å². The van der Waals surface area contributed by atoms with Crippen LogP contribution >= 0.6 is 0 Å². The third-order valence-corrected chi connectivity index (χ3v) is 9.13. The van der Waals surface area contributed by atoms with Gasteiger partial charge in [-0.05, 0) is 36.8 Å². The first-order chi connectivity index (χ1) is 23.1. The van der Waals surface area contributed by atoms with Gasteiger partial charge in [-0.3, -0.25) is 9.59 Å². The van der Waals surface area contributed by atoms with Crippen LogP contribution in [0, 0.1) is 6.92 Å². The summed E-state index contributed by atoms with van der Waals surface area (Å²) in [5, 5.41) is 64.8. The van der Waals surface area contributed by atoms with Crippen molar-refractivity contribution in [3.05, 3.63) is 82.9 Å². The maximum Gasteiger partial charge on any atom is 0.276 e. The Bertz CT molecular complexity index is 2290. The van der Waals surface area contributed by atoms with E-state index in [0.717, 1.165) is 16.1 Å². The van der Waals surface area contributed by atoms with Gasteiger partial charge in [-0.15, -0.1) is 0 Å². The molecule has 0 saturated carbocycles. The van der Waals surface area contributed by atoms with Crippen LogP contribution in [0.25, 0.3) is 43.6 Å². The SMILES string of the molecule is Cc1ccc(CNN2C(=O)c3c(c4c5ccc(O)cc5n(O[C@@H]5O[C@H](CO)[C@@H](O)[C@H](O)[C@H]5O)c4c4[nH]c5cc(O)ccc5c34)C2=O)cc1. The predicted molar refractivity (Wildman–Crippen MR) is 171 cm³/mol. The number of nitrogens with zero attached hydrogens (tertiary/aromatic N) is 2. The highest BCUT2D eigenvalue weighted by atomic mass is 16.8. The van der Waals surface area contributed by atoms with Gasteiger partial charge < -0.3 is 45.2 Å². The van der Waals surface area contributed by atoms with E-state index in [2.05, 4.69) is 10.4 Å². The molecule has 2 aliphatic rings. The minimum Gasteiger partial charge on any atom is -0.508 e. The van der Waals surface area contributed by atoms with Crippen molar-refractivity contribution in [2.24, 2.45) is 0 Å². The molecule has 6 aromatic rings. The fourth-order valence-electron chi connectivity index (χ4n) is 6.73. The van der Waals surface area contributed by atoms with Gasteiger partial charge in [-0.1, -0.05) is 29.8 Å². The highest BCUT2D eigenvalue weighted by Gasteiger charge is 2.46. The number of aliphatic hydroxyl groups is 4. The Morgan fingerprint density at radius 1 is 0.854 bits per heavy atom. The second-order valence-electron chi connectivity index (χ2n) is 12.1. The van der Waals surface area contributed by atoms with Gasteiger partial charge >= 0.3 is 0 Å². The lowest BCUT2D eigenvalue weighted by Crippen LogP contribution is -2.61. The highest BCUT2D eigenvalue weighted by Crippen LogP contribution is 2.45. The molecule has 4 aromatic carbocycles. The van der Waals surface area contributed by atoms with Crippen LogP contribution in [0.5, 0.6) is 11.5 Å². The van der Waals surface area contributed by atoms with Crippen molar-refractivity contribution in [1.82, 2.24) is 20.1 Å². The van der Waals surface area contributed by atoms with E-state index in [4.69, 9.17) is 9.57 Å². The van der Waals surface area contributed by atoms with Crippen LogP contribution in [0.1, 0.15) is 31.8 Å². The van der Waals surface area contributed by atoms with E-state index in [9.17, 15) is 40.2 Å². The molecule has 4 heterocycles. The number of ether oxygens (including phenoxy) is 1. The zero-order valence-electron chi connectivity index (χ0n) is 25.3. The summed E-state index contributed by atoms with van der Waals surface area (Å²) in [6.07, 6.45) is -8.06. The molecule has 1 fully saturated rings. The molecule has 8 N–H and O–H groups in total. The number of aliphatic hydroxyl groups excluding tert-OH is 4. The molecule has 48 heavy (non-hydrogen) atoms. The predicted octanol–water partition coefficient (Wildman–Crippen LogP) is 1.68. The summed E-state index contributed by atoms with van der Waals surface area (Å²) in [6, 6.07) is 16.5. The summed E-state index contributed by atoms with van der Waals surface area (Å²) < 4.78 is 6.87. The van der Waals surface area contributed by atoms with Crippen LogP contribution in [0.15, 0.2) is 60.7 Å². The van der Waals surface area contributed by atoms with E-state index < -0.39 is 49.1 Å². The Morgan fingerprint density at radius 2 is 1.52 bits per heavy atom. The molecule has 246 valence electrons. The smallest absolute Gasteiger partial charge is 0.276 e. The number of aromatic hydroxyl groups is 2. The van der Waals surface area contributed by atoms with Gasteiger partial charge in [0, 0.05) is 40.2 Å². The van der Waals surface area contributed by atoms with Crippen molar-refractivity contribution < 1.29 is 49.8 Å². The Kier molecular flexibility index (Phi) is 6.85. The number of H-pyrrole nitrogens is 1. The number of carbonyl (C=O) groups is 2. The number of phenols is 2. The van der Waals surface area contributed by atoms with Gasteiger partial charge in [0.1, 0.15) is 41.4 Å². The number of rotatable bonds is 6. The van der Waals surface area contributed by atoms with Gasteiger partial charge in [-0.25, -0.2) is 10.4 Å². The van der Waals surface area contributed by atoms with Crippen LogP contribution < -0.4 is 10.3 Å². The average molecular weight is 655 g/mol. The zero-order valence-corrected chi connectivity index (χ0v) is 25.3. The summed E-state index contributed by atoms with van der Waals surface area (Å²) >= 11 is 0. The molecule has 0 bridgehead atoms. The van der Waals surface area contributed by atoms with Gasteiger partial charge in [-0.2, -0.15) is 4.73 Å². The number of hydrogen-bond donors (Lipinski definition) is 8. The number of aryl methyl sites for hydroxylation is 1. The Balaban J connectivity index is 1.39. The van der Waals surface area contributed by atoms with Crippen LogP contribution in [-0.4, -0.2) is 94.5 Å². The first kappa shape index (κ1) is 30.1. The lowest BCUT2D eigenvalue weighted by molar-refractivity contribution is -0.298. The number of aromatic amines is 1. The molecule has 0 radical (unpaired) electrons. The molecule has 2 aliphatic heterocycles. The van der Waals surface area contributed by atoms with E-state index in [1.165, 1.54) is 29.0 Å². The Morgan fingerprint density at radius 3 is 2.23 bits per heavy atom. The molecule has 2 aromatic heterocycles. The molecule has 0 aliphatic carbocycles. The number of aromatic nitrogens is 2. The lowest BCUT2D eigenvalue weighted by Gasteiger charge is -2.39. The van der Waals surface area contributed by atoms with Gasteiger partial charge in [0.05, 0.1) is 34.3 Å². The van der Waals surface area contributed by atoms with Gasteiger partial charge in [0.25, 0.3) is 18.1 Å². The van der Waals surface area contributed by atoms with E-state index in [1.54, 1.807) is 12.1 Å². The first-order valence-electron chi connectivity index (χ1n) is 15.2. The number of imide groups is 1. The number of hydrazine groups is 1. The van der Waals surface area contributed by atoms with E-state index >= 15 is 0 Å². The first-order valence-corrected chi connectivity index (χ1v) is 15.2. The molecule has 14 nitrogen and oxygen atoms in total. The van der Waals surface area contributed by atoms with Crippen molar-refractivity contribution in [2.75, 3.05) is 6.61 Å². The minimum absolute atomic E-state index is 0.0474. The van der Waals surface area contributed by atoms with Crippen molar-refractivity contribution >= 4 is 55.4 Å². The van der Waals surface area contributed by atoms with Crippen LogP contribution in [0.4, 0.5) is 0 Å². The third kappa shape index (κ3) is 4.35. The largest absolute Gasteiger partial charge is 0.508 e. The molecule has 0 unspecified atom stereocenters. The number of amides is 2. The molecule has 14 heteroatoms. The molecular formula is C34H30N4O10. The third-order valence-electron chi connectivity index (χ3n) is 9.13. The number of benzene rings is 4. The minimum atomic E-state index is -1.78. The quantitative estimate of drug-likeness (QED) is 0.121. The van der Waals surface area contributed by atoms with Crippen LogP contribution in [0.3, 0.4) is 0 Å². The lowest BCUT2D eigenvalue weighted by atomic mass is 9.96. The molecule has 8 rings (SSSR count). The number of fused-ring (bicyclic) bond motifs is 10. The molecule has 2 amide bonds. The van der Waals surface area contributed by atoms with E-state index in [0.29, 0.717) is 27.2 Å². The molecular weight excluding hydrogens is 624 g/mol. The van der Waals surface area contributed by atoms with Crippen molar-refractivity contribution in [2.45, 2.75) is 44.2 Å². The number of hydrogen-bond acceptors (Lipinski definition) is 11. The average Bonchev–Trinajstić information content (AvgIpc) is 3.67. The standard InChI is InChI=1S/C34H30N4O10/c1-14-2-4-15(5-3-14)12-35-37-32(45)25-23-18-8-6-16(40)10-20(18)36-27(23)28-24(26(25)33(37)46)19-9-7-17(41)11-21(19)38(28)48-34-31(44)30(43)29(42)22(13-39)47-34/h2-11,22,29-31,34-36,39-44H,12-13H2,1H3/t22-,29-,30+,31-,34+/m1/s1. The zero-order chi connectivity index (χ0) is 33.6. The normalized spacial score (nSPS) is 22.9. The molecule has 5 atom stereocenters. The highest BCUT2D eigenvalue weighted by molar-refractivity contribution is 6.39. The summed E-state index contributed by atoms with van der Waals surface area (Å²) in [5.41, 5.74) is 6.24. The summed E-state index contributed by atoms with van der Waals surface area (Å²) in [6.45, 7) is 1.44. The number of phenolic OH excluding ortho intramolecular Hbond substituents is 2. The van der Waals surface area contributed by atoms with Crippen molar-refractivity contribution in [1.29, 1.82) is 0 Å². The maximum atomic E-state index is 14.3. The number of carbonyl (C=O) groups excluding carboxylic acids is 2. The second-order valence-corrected chi connectivity index (χ2v) is 12.1.